The van der Waals surface area contributed by atoms with Gasteiger partial charge in [0, 0.05) is 6.54 Å². The van der Waals surface area contributed by atoms with Crippen LogP contribution < -0.4 is 5.73 Å². The van der Waals surface area contributed by atoms with Crippen LogP contribution in [-0.4, -0.2) is 9.78 Å². The van der Waals surface area contributed by atoms with Crippen molar-refractivity contribution in [2.24, 2.45) is 5.73 Å². The summed E-state index contributed by atoms with van der Waals surface area (Å²) < 4.78 is 2.95. The van der Waals surface area contributed by atoms with Crippen LogP contribution in [0.5, 0.6) is 0 Å². The van der Waals surface area contributed by atoms with E-state index in [4.69, 9.17) is 5.73 Å². The molecule has 0 bridgehead atoms. The van der Waals surface area contributed by atoms with E-state index in [0.29, 0.717) is 0 Å². The van der Waals surface area contributed by atoms with Gasteiger partial charge in [-0.15, -0.1) is 0 Å². The first kappa shape index (κ1) is 14.3. The highest BCUT2D eigenvalue weighted by molar-refractivity contribution is 9.10. The van der Waals surface area contributed by atoms with E-state index in [1.807, 2.05) is 10.9 Å². The van der Waals surface area contributed by atoms with Gasteiger partial charge in [0.1, 0.15) is 0 Å². The van der Waals surface area contributed by atoms with Gasteiger partial charge in [0.15, 0.2) is 0 Å². The normalized spacial score (nSPS) is 12.7. The SMILES string of the molecule is CCn1ncc(Br)c1C(N)Cc1ccc(C)c(C)c1. The number of hydrogen-bond acceptors (Lipinski definition) is 2. The van der Waals surface area contributed by atoms with Crippen LogP contribution in [0.4, 0.5) is 0 Å². The lowest BCUT2D eigenvalue weighted by Crippen LogP contribution is -2.18. The van der Waals surface area contributed by atoms with Gasteiger partial charge in [-0.3, -0.25) is 4.68 Å². The average Bonchev–Trinajstić information content (AvgIpc) is 2.75. The second kappa shape index (κ2) is 5.88. The Labute approximate surface area is 122 Å². The smallest absolute Gasteiger partial charge is 0.0696 e. The van der Waals surface area contributed by atoms with Crippen molar-refractivity contribution in [3.8, 4) is 0 Å². The average molecular weight is 322 g/mol. The van der Waals surface area contributed by atoms with Gasteiger partial charge in [0.05, 0.1) is 22.4 Å². The fraction of sp³-hybridized carbons (Fsp3) is 0.400. The molecule has 19 heavy (non-hydrogen) atoms. The molecule has 1 atom stereocenters. The molecule has 2 rings (SSSR count). The molecule has 4 heteroatoms. The molecule has 1 aromatic carbocycles. The van der Waals surface area contributed by atoms with E-state index in [2.05, 4.69) is 60.0 Å². The zero-order valence-electron chi connectivity index (χ0n) is 11.7. The zero-order valence-corrected chi connectivity index (χ0v) is 13.2. The van der Waals surface area contributed by atoms with Gasteiger partial charge in [-0.1, -0.05) is 18.2 Å². The molecule has 2 N–H and O–H groups in total. The lowest BCUT2D eigenvalue weighted by atomic mass is 10.00. The van der Waals surface area contributed by atoms with Crippen molar-refractivity contribution in [2.75, 3.05) is 0 Å². The maximum absolute atomic E-state index is 6.35. The van der Waals surface area contributed by atoms with Crippen LogP contribution in [-0.2, 0) is 13.0 Å². The number of hydrogen-bond donors (Lipinski definition) is 1. The summed E-state index contributed by atoms with van der Waals surface area (Å²) >= 11 is 3.53. The highest BCUT2D eigenvalue weighted by Crippen LogP contribution is 2.25. The molecule has 1 aromatic heterocycles. The molecule has 2 aromatic rings. The molecule has 0 saturated heterocycles. The van der Waals surface area contributed by atoms with Crippen molar-refractivity contribution >= 4 is 15.9 Å². The number of halogens is 1. The number of nitrogens with zero attached hydrogens (tertiary/aromatic N) is 2. The van der Waals surface area contributed by atoms with Crippen LogP contribution in [0.3, 0.4) is 0 Å². The van der Waals surface area contributed by atoms with Crippen molar-refractivity contribution in [2.45, 2.75) is 39.8 Å². The molecule has 0 aliphatic rings. The van der Waals surface area contributed by atoms with E-state index < -0.39 is 0 Å². The van der Waals surface area contributed by atoms with Crippen LogP contribution >= 0.6 is 15.9 Å². The van der Waals surface area contributed by atoms with Crippen molar-refractivity contribution in [1.82, 2.24) is 9.78 Å². The second-order valence-corrected chi connectivity index (χ2v) is 5.78. The van der Waals surface area contributed by atoms with Crippen molar-refractivity contribution in [1.29, 1.82) is 0 Å². The van der Waals surface area contributed by atoms with E-state index in [9.17, 15) is 0 Å². The third-order valence-corrected chi connectivity index (χ3v) is 4.12. The Morgan fingerprint density at radius 3 is 2.68 bits per heavy atom. The quantitative estimate of drug-likeness (QED) is 0.936. The maximum atomic E-state index is 6.35. The Morgan fingerprint density at radius 1 is 1.32 bits per heavy atom. The van der Waals surface area contributed by atoms with Crippen LogP contribution in [0.15, 0.2) is 28.9 Å². The van der Waals surface area contributed by atoms with Gasteiger partial charge < -0.3 is 5.73 Å². The summed E-state index contributed by atoms with van der Waals surface area (Å²) in [7, 11) is 0. The van der Waals surface area contributed by atoms with Crippen LogP contribution in [0.1, 0.15) is 35.3 Å². The number of nitrogens with two attached hydrogens (primary N) is 1. The molecule has 0 fully saturated rings. The molecule has 1 unspecified atom stereocenters. The zero-order chi connectivity index (χ0) is 14.0. The molecule has 102 valence electrons. The topological polar surface area (TPSA) is 43.8 Å². The Balaban J connectivity index is 2.22. The number of aromatic nitrogens is 2. The van der Waals surface area contributed by atoms with Gasteiger partial charge >= 0.3 is 0 Å². The highest BCUT2D eigenvalue weighted by Gasteiger charge is 2.16. The minimum absolute atomic E-state index is 0.0427. The van der Waals surface area contributed by atoms with Crippen LogP contribution in [0.25, 0.3) is 0 Å². The number of rotatable bonds is 4. The maximum Gasteiger partial charge on any atom is 0.0696 e. The minimum atomic E-state index is -0.0427. The molecule has 3 nitrogen and oxygen atoms in total. The molecule has 1 heterocycles. The fourth-order valence-corrected chi connectivity index (χ4v) is 2.86. The standard InChI is InChI=1S/C15H20BrN3/c1-4-19-15(13(16)9-18-19)14(17)8-12-6-5-10(2)11(3)7-12/h5-7,9,14H,4,8,17H2,1-3H3. The molecular formula is C15H20BrN3. The summed E-state index contributed by atoms with van der Waals surface area (Å²) in [6.07, 6.45) is 2.64. The Bertz CT molecular complexity index is 575. The second-order valence-electron chi connectivity index (χ2n) is 4.92. The van der Waals surface area contributed by atoms with E-state index in [0.717, 1.165) is 23.1 Å². The van der Waals surface area contributed by atoms with Gasteiger partial charge in [-0.2, -0.15) is 5.10 Å². The van der Waals surface area contributed by atoms with Gasteiger partial charge in [-0.25, -0.2) is 0 Å². The lowest BCUT2D eigenvalue weighted by molar-refractivity contribution is 0.567. The molecule has 0 aliphatic heterocycles. The number of benzene rings is 1. The van der Waals surface area contributed by atoms with E-state index in [-0.39, 0.29) is 6.04 Å². The summed E-state index contributed by atoms with van der Waals surface area (Å²) in [4.78, 5) is 0. The minimum Gasteiger partial charge on any atom is -0.322 e. The predicted octanol–water partition coefficient (Wildman–Crippen LogP) is 3.52. The monoisotopic (exact) mass is 321 g/mol. The fourth-order valence-electron chi connectivity index (χ4n) is 2.27. The van der Waals surface area contributed by atoms with Crippen molar-refractivity contribution in [3.63, 3.8) is 0 Å². The number of aryl methyl sites for hydroxylation is 3. The third-order valence-electron chi connectivity index (χ3n) is 3.51. The van der Waals surface area contributed by atoms with E-state index >= 15 is 0 Å². The van der Waals surface area contributed by atoms with Crippen molar-refractivity contribution < 1.29 is 0 Å². The van der Waals surface area contributed by atoms with Crippen LogP contribution in [0, 0.1) is 13.8 Å². The predicted molar refractivity (Wildman–Crippen MR) is 82.1 cm³/mol. The third kappa shape index (κ3) is 3.07. The Morgan fingerprint density at radius 2 is 2.05 bits per heavy atom. The van der Waals surface area contributed by atoms with E-state index in [1.165, 1.54) is 16.7 Å². The molecule has 0 radical (unpaired) electrons. The Hall–Kier alpha value is -1.13. The first-order chi connectivity index (χ1) is 9.02. The summed E-state index contributed by atoms with van der Waals surface area (Å²) in [6.45, 7) is 7.17. The molecule has 0 aliphatic carbocycles. The molecule has 0 spiro atoms. The summed E-state index contributed by atoms with van der Waals surface area (Å²) in [5, 5.41) is 4.32. The first-order valence-corrected chi connectivity index (χ1v) is 7.35. The molecular weight excluding hydrogens is 302 g/mol. The summed E-state index contributed by atoms with van der Waals surface area (Å²) in [5.41, 5.74) is 11.3. The van der Waals surface area contributed by atoms with Crippen LogP contribution in [0.2, 0.25) is 0 Å². The summed E-state index contributed by atoms with van der Waals surface area (Å²) in [6, 6.07) is 6.49. The van der Waals surface area contributed by atoms with E-state index in [1.54, 1.807) is 0 Å². The summed E-state index contributed by atoms with van der Waals surface area (Å²) in [5.74, 6) is 0. The van der Waals surface area contributed by atoms with Gasteiger partial charge in [0.2, 0.25) is 0 Å². The largest absolute Gasteiger partial charge is 0.322 e. The van der Waals surface area contributed by atoms with Gasteiger partial charge in [-0.05, 0) is 59.8 Å². The Kier molecular flexibility index (Phi) is 4.42. The molecule has 0 saturated carbocycles. The highest BCUT2D eigenvalue weighted by atomic mass is 79.9. The first-order valence-electron chi connectivity index (χ1n) is 6.55. The molecule has 0 amide bonds. The lowest BCUT2D eigenvalue weighted by Gasteiger charge is -2.15. The van der Waals surface area contributed by atoms with Gasteiger partial charge in [0.25, 0.3) is 0 Å². The van der Waals surface area contributed by atoms with Crippen molar-refractivity contribution in [3.05, 3.63) is 51.3 Å².